The van der Waals surface area contributed by atoms with Gasteiger partial charge < -0.3 is 5.32 Å². The second-order valence-corrected chi connectivity index (χ2v) is 6.65. The van der Waals surface area contributed by atoms with E-state index < -0.39 is 0 Å². The fourth-order valence-electron chi connectivity index (χ4n) is 2.67. The van der Waals surface area contributed by atoms with Crippen LogP contribution in [0.25, 0.3) is 10.2 Å². The molecule has 0 saturated carbocycles. The van der Waals surface area contributed by atoms with Gasteiger partial charge in [-0.15, -0.1) is 11.3 Å². The molecule has 1 heterocycles. The van der Waals surface area contributed by atoms with Crippen molar-refractivity contribution in [3.05, 3.63) is 95.0 Å². The lowest BCUT2D eigenvalue weighted by Gasteiger charge is -2.06. The molecular formula is C21H14N2O2S. The summed E-state index contributed by atoms with van der Waals surface area (Å²) in [6.07, 6.45) is 0. The first-order chi connectivity index (χ1) is 12.7. The lowest BCUT2D eigenvalue weighted by Crippen LogP contribution is -2.12. The molecule has 0 saturated heterocycles. The molecular weight excluding hydrogens is 344 g/mol. The predicted octanol–water partition coefficient (Wildman–Crippen LogP) is 4.78. The minimum absolute atomic E-state index is 0.0618. The summed E-state index contributed by atoms with van der Waals surface area (Å²) in [5.41, 5.74) is 5.09. The fraction of sp³-hybridized carbons (Fsp3) is 0. The highest BCUT2D eigenvalue weighted by Crippen LogP contribution is 2.22. The number of benzene rings is 3. The number of hydrogen-bond acceptors (Lipinski definition) is 4. The normalized spacial score (nSPS) is 10.6. The van der Waals surface area contributed by atoms with E-state index in [-0.39, 0.29) is 11.7 Å². The molecule has 0 aliphatic carbocycles. The quantitative estimate of drug-likeness (QED) is 0.534. The summed E-state index contributed by atoms with van der Waals surface area (Å²) in [5, 5.41) is 2.88. The maximum absolute atomic E-state index is 12.4. The first-order valence-electron chi connectivity index (χ1n) is 8.05. The molecule has 0 spiro atoms. The minimum atomic E-state index is -0.215. The molecule has 0 bridgehead atoms. The van der Waals surface area contributed by atoms with Gasteiger partial charge in [-0.25, -0.2) is 4.98 Å². The summed E-state index contributed by atoms with van der Waals surface area (Å²) in [6.45, 7) is 0. The summed E-state index contributed by atoms with van der Waals surface area (Å²) in [7, 11) is 0. The van der Waals surface area contributed by atoms with Gasteiger partial charge in [-0.1, -0.05) is 42.5 Å². The van der Waals surface area contributed by atoms with Crippen molar-refractivity contribution in [3.8, 4) is 0 Å². The van der Waals surface area contributed by atoms with E-state index in [9.17, 15) is 9.59 Å². The minimum Gasteiger partial charge on any atom is -0.322 e. The van der Waals surface area contributed by atoms with Crippen LogP contribution >= 0.6 is 11.3 Å². The van der Waals surface area contributed by atoms with Crippen LogP contribution in [-0.4, -0.2) is 16.7 Å². The summed E-state index contributed by atoms with van der Waals surface area (Å²) in [4.78, 5) is 29.1. The Morgan fingerprint density at radius 2 is 1.50 bits per heavy atom. The molecule has 4 nitrogen and oxygen atoms in total. The van der Waals surface area contributed by atoms with E-state index in [1.807, 2.05) is 36.4 Å². The van der Waals surface area contributed by atoms with E-state index in [2.05, 4.69) is 10.3 Å². The van der Waals surface area contributed by atoms with Crippen LogP contribution < -0.4 is 5.32 Å². The van der Waals surface area contributed by atoms with Crippen LogP contribution in [-0.2, 0) is 0 Å². The van der Waals surface area contributed by atoms with E-state index in [0.29, 0.717) is 16.7 Å². The molecule has 0 aliphatic rings. The SMILES string of the molecule is O=C(Nc1ccc2ncsc2c1)c1ccc(C(=O)c2ccccc2)cc1. The third-order valence-corrected chi connectivity index (χ3v) is 4.83. The van der Waals surface area contributed by atoms with Crippen molar-refractivity contribution in [1.29, 1.82) is 0 Å². The Labute approximate surface area is 154 Å². The topological polar surface area (TPSA) is 59.1 Å². The Kier molecular flexibility index (Phi) is 4.29. The Balaban J connectivity index is 1.50. The van der Waals surface area contributed by atoms with Crippen molar-refractivity contribution in [3.63, 3.8) is 0 Å². The molecule has 26 heavy (non-hydrogen) atoms. The Morgan fingerprint density at radius 3 is 2.27 bits per heavy atom. The monoisotopic (exact) mass is 358 g/mol. The number of hydrogen-bond donors (Lipinski definition) is 1. The average Bonchev–Trinajstić information content (AvgIpc) is 3.16. The highest BCUT2D eigenvalue weighted by atomic mass is 32.1. The van der Waals surface area contributed by atoms with Gasteiger partial charge in [0.1, 0.15) is 0 Å². The molecule has 0 radical (unpaired) electrons. The van der Waals surface area contributed by atoms with Crippen molar-refractivity contribution < 1.29 is 9.59 Å². The standard InChI is InChI=1S/C21H14N2O2S/c24-20(14-4-2-1-3-5-14)15-6-8-16(9-7-15)21(25)23-17-10-11-18-19(12-17)26-13-22-18/h1-13H,(H,23,25). The zero-order valence-corrected chi connectivity index (χ0v) is 14.5. The molecule has 1 aromatic heterocycles. The number of carbonyl (C=O) groups is 2. The fourth-order valence-corrected chi connectivity index (χ4v) is 3.38. The van der Waals surface area contributed by atoms with Crippen molar-refractivity contribution in [1.82, 2.24) is 4.98 Å². The number of aromatic nitrogens is 1. The van der Waals surface area contributed by atoms with Gasteiger partial charge >= 0.3 is 0 Å². The number of anilines is 1. The van der Waals surface area contributed by atoms with Gasteiger partial charge in [-0.3, -0.25) is 9.59 Å². The smallest absolute Gasteiger partial charge is 0.255 e. The van der Waals surface area contributed by atoms with Crippen LogP contribution in [0.2, 0.25) is 0 Å². The number of carbonyl (C=O) groups excluding carboxylic acids is 2. The van der Waals surface area contributed by atoms with Gasteiger partial charge in [0.25, 0.3) is 5.91 Å². The lowest BCUT2D eigenvalue weighted by molar-refractivity contribution is 0.102. The third-order valence-electron chi connectivity index (χ3n) is 4.03. The molecule has 4 aromatic rings. The second kappa shape index (κ2) is 6.90. The largest absolute Gasteiger partial charge is 0.322 e. The summed E-state index contributed by atoms with van der Waals surface area (Å²) >= 11 is 1.53. The number of amides is 1. The number of nitrogens with zero attached hydrogens (tertiary/aromatic N) is 1. The molecule has 3 aromatic carbocycles. The van der Waals surface area contributed by atoms with Crippen molar-refractivity contribution in [2.24, 2.45) is 0 Å². The van der Waals surface area contributed by atoms with Crippen molar-refractivity contribution >= 4 is 38.9 Å². The van der Waals surface area contributed by atoms with Gasteiger partial charge in [0.15, 0.2) is 5.78 Å². The highest BCUT2D eigenvalue weighted by Gasteiger charge is 2.11. The maximum Gasteiger partial charge on any atom is 0.255 e. The zero-order valence-electron chi connectivity index (χ0n) is 13.7. The van der Waals surface area contributed by atoms with E-state index in [0.717, 1.165) is 15.9 Å². The molecule has 1 N–H and O–H groups in total. The van der Waals surface area contributed by atoms with Crippen LogP contribution in [0.15, 0.2) is 78.3 Å². The summed E-state index contributed by atoms with van der Waals surface area (Å²) in [6, 6.07) is 21.4. The average molecular weight is 358 g/mol. The molecule has 0 aliphatic heterocycles. The molecule has 1 amide bonds. The Bertz CT molecular complexity index is 1090. The van der Waals surface area contributed by atoms with Crippen molar-refractivity contribution in [2.45, 2.75) is 0 Å². The zero-order chi connectivity index (χ0) is 17.9. The Hall–Kier alpha value is -3.31. The van der Waals surface area contributed by atoms with Crippen LogP contribution in [0.5, 0.6) is 0 Å². The Morgan fingerprint density at radius 1 is 0.808 bits per heavy atom. The van der Waals surface area contributed by atoms with Gasteiger partial charge in [-0.2, -0.15) is 0 Å². The second-order valence-electron chi connectivity index (χ2n) is 5.76. The molecule has 0 unspecified atom stereocenters. The van der Waals surface area contributed by atoms with Crippen LogP contribution in [0.3, 0.4) is 0 Å². The number of ketones is 1. The van der Waals surface area contributed by atoms with Crippen LogP contribution in [0.4, 0.5) is 5.69 Å². The number of thiazole rings is 1. The van der Waals surface area contributed by atoms with Crippen molar-refractivity contribution in [2.75, 3.05) is 5.32 Å². The first-order valence-corrected chi connectivity index (χ1v) is 8.93. The third kappa shape index (κ3) is 3.25. The first kappa shape index (κ1) is 16.2. The molecule has 126 valence electrons. The van der Waals surface area contributed by atoms with E-state index in [1.54, 1.807) is 41.9 Å². The molecule has 5 heteroatoms. The molecule has 0 fully saturated rings. The van der Waals surface area contributed by atoms with Gasteiger partial charge in [0.2, 0.25) is 0 Å². The number of rotatable bonds is 4. The summed E-state index contributed by atoms with van der Waals surface area (Å²) in [5.74, 6) is -0.277. The molecule has 4 rings (SSSR count). The van der Waals surface area contributed by atoms with Gasteiger partial charge in [0.05, 0.1) is 15.7 Å². The molecule has 0 atom stereocenters. The number of fused-ring (bicyclic) bond motifs is 1. The number of nitrogens with one attached hydrogen (secondary N) is 1. The predicted molar refractivity (Wildman–Crippen MR) is 104 cm³/mol. The lowest BCUT2D eigenvalue weighted by atomic mass is 10.0. The maximum atomic E-state index is 12.4. The summed E-state index contributed by atoms with van der Waals surface area (Å²) < 4.78 is 1.02. The van der Waals surface area contributed by atoms with Crippen LogP contribution in [0.1, 0.15) is 26.3 Å². The van der Waals surface area contributed by atoms with Crippen LogP contribution in [0, 0.1) is 0 Å². The van der Waals surface area contributed by atoms with E-state index >= 15 is 0 Å². The van der Waals surface area contributed by atoms with E-state index in [4.69, 9.17) is 0 Å². The van der Waals surface area contributed by atoms with Gasteiger partial charge in [0, 0.05) is 22.4 Å². The highest BCUT2D eigenvalue weighted by molar-refractivity contribution is 7.16. The van der Waals surface area contributed by atoms with E-state index in [1.165, 1.54) is 11.3 Å². The van der Waals surface area contributed by atoms with Gasteiger partial charge in [-0.05, 0) is 30.3 Å².